The first kappa shape index (κ1) is 13.3. The van der Waals surface area contributed by atoms with E-state index in [0.717, 1.165) is 12.8 Å². The summed E-state index contributed by atoms with van der Waals surface area (Å²) < 4.78 is 0. The molecule has 0 saturated heterocycles. The van der Waals surface area contributed by atoms with E-state index in [1.165, 1.54) is 6.20 Å². The number of nitrogens with zero attached hydrogens (tertiary/aromatic N) is 2. The lowest BCUT2D eigenvalue weighted by molar-refractivity contribution is -0.136. The highest BCUT2D eigenvalue weighted by Crippen LogP contribution is 2.27. The van der Waals surface area contributed by atoms with Gasteiger partial charge in [0.1, 0.15) is 0 Å². The fourth-order valence-corrected chi connectivity index (χ4v) is 1.91. The number of carbonyl (C=O) groups excluding carboxylic acids is 1. The second-order valence-electron chi connectivity index (χ2n) is 4.56. The van der Waals surface area contributed by atoms with E-state index in [1.807, 2.05) is 6.92 Å². The molecule has 2 amide bonds. The van der Waals surface area contributed by atoms with Crippen LogP contribution in [0.5, 0.6) is 0 Å². The lowest BCUT2D eigenvalue weighted by Crippen LogP contribution is -2.36. The number of rotatable bonds is 5. The number of carboxylic acids is 1. The van der Waals surface area contributed by atoms with Crippen LogP contribution in [0.4, 0.5) is 10.5 Å². The third kappa shape index (κ3) is 3.67. The molecule has 0 aliphatic heterocycles. The smallest absolute Gasteiger partial charge is 0.322 e. The van der Waals surface area contributed by atoms with Gasteiger partial charge in [0.25, 0.3) is 0 Å². The molecule has 0 radical (unpaired) electrons. The maximum absolute atomic E-state index is 12.0. The summed E-state index contributed by atoms with van der Waals surface area (Å²) in [7, 11) is 0. The third-order valence-corrected chi connectivity index (χ3v) is 3.00. The van der Waals surface area contributed by atoms with Crippen LogP contribution in [0.3, 0.4) is 0 Å². The molecular weight excluding hydrogens is 246 g/mol. The number of urea groups is 1. The Morgan fingerprint density at radius 3 is 2.68 bits per heavy atom. The Hall–Kier alpha value is -2.11. The van der Waals surface area contributed by atoms with Gasteiger partial charge < -0.3 is 15.3 Å². The minimum atomic E-state index is -0.921. The van der Waals surface area contributed by atoms with Crippen LogP contribution in [0.25, 0.3) is 0 Å². The van der Waals surface area contributed by atoms with Gasteiger partial charge in [0.2, 0.25) is 0 Å². The minimum absolute atomic E-state index is 0.114. The number of hydrogen-bond donors (Lipinski definition) is 2. The van der Waals surface area contributed by atoms with Crippen molar-refractivity contribution in [1.29, 1.82) is 0 Å². The second-order valence-corrected chi connectivity index (χ2v) is 4.56. The number of pyridine rings is 1. The van der Waals surface area contributed by atoms with Crippen molar-refractivity contribution in [3.8, 4) is 0 Å². The molecule has 1 heterocycles. The second kappa shape index (κ2) is 5.69. The summed E-state index contributed by atoms with van der Waals surface area (Å²) in [6, 6.07) is 3.52. The molecule has 6 heteroatoms. The first-order valence-electron chi connectivity index (χ1n) is 6.34. The number of nitrogens with one attached hydrogen (secondary N) is 1. The molecule has 0 spiro atoms. The van der Waals surface area contributed by atoms with Crippen LogP contribution >= 0.6 is 0 Å². The molecule has 2 rings (SSSR count). The Balaban J connectivity index is 1.94. The zero-order valence-electron chi connectivity index (χ0n) is 10.8. The standard InChI is InChI=1S/C13H17N3O3/c1-2-16(11-5-6-11)13(19)15-10-4-3-9(14-8-10)7-12(17)18/h3-4,8,11H,2,5-7H2,1H3,(H,15,19)(H,17,18). The Morgan fingerprint density at radius 2 is 2.21 bits per heavy atom. The summed E-state index contributed by atoms with van der Waals surface area (Å²) >= 11 is 0. The van der Waals surface area contributed by atoms with Crippen LogP contribution in [0, 0.1) is 0 Å². The van der Waals surface area contributed by atoms with Gasteiger partial charge in [0.05, 0.1) is 24.0 Å². The van der Waals surface area contributed by atoms with Crippen LogP contribution in [0.15, 0.2) is 18.3 Å². The van der Waals surface area contributed by atoms with Gasteiger partial charge in [-0.1, -0.05) is 0 Å². The fraction of sp³-hybridized carbons (Fsp3) is 0.462. The van der Waals surface area contributed by atoms with Gasteiger partial charge in [-0.15, -0.1) is 0 Å². The summed E-state index contributed by atoms with van der Waals surface area (Å²) in [5, 5.41) is 11.4. The SMILES string of the molecule is CCN(C(=O)Nc1ccc(CC(=O)O)nc1)C1CC1. The number of carbonyl (C=O) groups is 2. The van der Waals surface area contributed by atoms with Crippen LogP contribution in [-0.2, 0) is 11.2 Å². The van der Waals surface area contributed by atoms with E-state index in [2.05, 4.69) is 10.3 Å². The van der Waals surface area contributed by atoms with Crippen molar-refractivity contribution in [3.63, 3.8) is 0 Å². The van der Waals surface area contributed by atoms with E-state index in [0.29, 0.717) is 24.0 Å². The first-order valence-corrected chi connectivity index (χ1v) is 6.34. The summed E-state index contributed by atoms with van der Waals surface area (Å²) in [5.41, 5.74) is 1.05. The van der Waals surface area contributed by atoms with Gasteiger partial charge in [-0.25, -0.2) is 4.79 Å². The molecular formula is C13H17N3O3. The lowest BCUT2D eigenvalue weighted by Gasteiger charge is -2.20. The molecule has 0 bridgehead atoms. The number of carboxylic acid groups (broad SMARTS) is 1. The first-order chi connectivity index (χ1) is 9.10. The predicted octanol–water partition coefficient (Wildman–Crippen LogP) is 1.72. The summed E-state index contributed by atoms with van der Waals surface area (Å²) in [4.78, 5) is 28.3. The van der Waals surface area contributed by atoms with Gasteiger partial charge in [0, 0.05) is 12.6 Å². The average Bonchev–Trinajstić information content (AvgIpc) is 3.16. The molecule has 19 heavy (non-hydrogen) atoms. The topological polar surface area (TPSA) is 82.5 Å². The summed E-state index contributed by atoms with van der Waals surface area (Å²) in [6.07, 6.45) is 3.50. The molecule has 6 nitrogen and oxygen atoms in total. The molecule has 1 saturated carbocycles. The van der Waals surface area contributed by atoms with Gasteiger partial charge in [-0.3, -0.25) is 9.78 Å². The van der Waals surface area contributed by atoms with E-state index >= 15 is 0 Å². The van der Waals surface area contributed by atoms with E-state index < -0.39 is 5.97 Å². The highest BCUT2D eigenvalue weighted by molar-refractivity contribution is 5.89. The van der Waals surface area contributed by atoms with Crippen molar-refractivity contribution in [1.82, 2.24) is 9.88 Å². The molecule has 1 aliphatic carbocycles. The monoisotopic (exact) mass is 263 g/mol. The third-order valence-electron chi connectivity index (χ3n) is 3.00. The molecule has 1 fully saturated rings. The van der Waals surface area contributed by atoms with Crippen molar-refractivity contribution in [3.05, 3.63) is 24.0 Å². The van der Waals surface area contributed by atoms with Gasteiger partial charge >= 0.3 is 12.0 Å². The normalized spacial score (nSPS) is 13.9. The number of hydrogen-bond acceptors (Lipinski definition) is 3. The van der Waals surface area contributed by atoms with Gasteiger partial charge in [-0.2, -0.15) is 0 Å². The predicted molar refractivity (Wildman–Crippen MR) is 70.0 cm³/mol. The van der Waals surface area contributed by atoms with Gasteiger partial charge in [-0.05, 0) is 31.9 Å². The largest absolute Gasteiger partial charge is 0.481 e. The van der Waals surface area contributed by atoms with Crippen LogP contribution < -0.4 is 5.32 Å². The molecule has 0 atom stereocenters. The Morgan fingerprint density at radius 1 is 1.47 bits per heavy atom. The van der Waals surface area contributed by atoms with Crippen LogP contribution in [-0.4, -0.2) is 39.6 Å². The summed E-state index contributed by atoms with van der Waals surface area (Å²) in [6.45, 7) is 2.63. The van der Waals surface area contributed by atoms with E-state index in [4.69, 9.17) is 5.11 Å². The van der Waals surface area contributed by atoms with Gasteiger partial charge in [0.15, 0.2) is 0 Å². The average molecular weight is 263 g/mol. The fourth-order valence-electron chi connectivity index (χ4n) is 1.91. The molecule has 1 aliphatic rings. The molecule has 102 valence electrons. The molecule has 0 aromatic carbocycles. The van der Waals surface area contributed by atoms with Crippen molar-refractivity contribution < 1.29 is 14.7 Å². The Bertz CT molecular complexity index is 469. The molecule has 0 unspecified atom stereocenters. The highest BCUT2D eigenvalue weighted by Gasteiger charge is 2.31. The minimum Gasteiger partial charge on any atom is -0.481 e. The van der Waals surface area contributed by atoms with Crippen LogP contribution in [0.2, 0.25) is 0 Å². The maximum atomic E-state index is 12.0. The zero-order chi connectivity index (χ0) is 13.8. The number of aliphatic carboxylic acids is 1. The van der Waals surface area contributed by atoms with E-state index in [1.54, 1.807) is 17.0 Å². The molecule has 2 N–H and O–H groups in total. The van der Waals surface area contributed by atoms with Crippen molar-refractivity contribution in [2.24, 2.45) is 0 Å². The quantitative estimate of drug-likeness (QED) is 0.847. The molecule has 1 aromatic rings. The number of amides is 2. The highest BCUT2D eigenvalue weighted by atomic mass is 16.4. The van der Waals surface area contributed by atoms with E-state index in [-0.39, 0.29) is 12.5 Å². The van der Waals surface area contributed by atoms with E-state index in [9.17, 15) is 9.59 Å². The Labute approximate surface area is 111 Å². The van der Waals surface area contributed by atoms with Crippen molar-refractivity contribution in [2.75, 3.05) is 11.9 Å². The van der Waals surface area contributed by atoms with Crippen LogP contribution in [0.1, 0.15) is 25.5 Å². The van der Waals surface area contributed by atoms with Crippen molar-refractivity contribution in [2.45, 2.75) is 32.2 Å². The molecule has 1 aromatic heterocycles. The Kier molecular flexibility index (Phi) is 3.99. The maximum Gasteiger partial charge on any atom is 0.322 e. The number of anilines is 1. The number of aromatic nitrogens is 1. The summed E-state index contributed by atoms with van der Waals surface area (Å²) in [5.74, 6) is -0.921. The lowest BCUT2D eigenvalue weighted by atomic mass is 10.2. The zero-order valence-corrected chi connectivity index (χ0v) is 10.8. The van der Waals surface area contributed by atoms with Crippen molar-refractivity contribution >= 4 is 17.7 Å².